The van der Waals surface area contributed by atoms with Gasteiger partial charge in [0.15, 0.2) is 11.5 Å². The van der Waals surface area contributed by atoms with Crippen LogP contribution in [0.5, 0.6) is 17.2 Å². The summed E-state index contributed by atoms with van der Waals surface area (Å²) in [6, 6.07) is 12.0. The highest BCUT2D eigenvalue weighted by atomic mass is 35.5. The molecular formula is C22H29ClN2O3. The molecule has 0 saturated carbocycles. The van der Waals surface area contributed by atoms with Crippen LogP contribution in [-0.4, -0.2) is 51.9 Å². The second kappa shape index (κ2) is 10.0. The number of benzene rings is 2. The minimum Gasteiger partial charge on any atom is -0.494 e. The number of rotatable bonds is 7. The van der Waals surface area contributed by atoms with Gasteiger partial charge in [-0.25, -0.2) is 0 Å². The molecule has 152 valence electrons. The van der Waals surface area contributed by atoms with Gasteiger partial charge in [-0.3, -0.25) is 4.90 Å². The van der Waals surface area contributed by atoms with Crippen molar-refractivity contribution in [3.8, 4) is 17.2 Å². The molecule has 0 amide bonds. The molecule has 0 aromatic heterocycles. The zero-order valence-corrected chi connectivity index (χ0v) is 17.6. The Balaban J connectivity index is 2.12. The quantitative estimate of drug-likeness (QED) is 0.751. The SMILES string of the molecule is CCOc1ccc(Cl)cc1C(c1ccc(OC)c(OC)c1)N1CCCNCC1. The Labute approximate surface area is 172 Å². The molecule has 0 radical (unpaired) electrons. The molecule has 0 bridgehead atoms. The molecule has 1 saturated heterocycles. The van der Waals surface area contributed by atoms with Crippen LogP contribution in [0.4, 0.5) is 0 Å². The van der Waals surface area contributed by atoms with E-state index in [9.17, 15) is 0 Å². The van der Waals surface area contributed by atoms with Crippen molar-refractivity contribution in [1.82, 2.24) is 10.2 Å². The van der Waals surface area contributed by atoms with E-state index in [1.54, 1.807) is 14.2 Å². The minimum atomic E-state index is 0.0138. The molecule has 0 aliphatic carbocycles. The van der Waals surface area contributed by atoms with Gasteiger partial charge < -0.3 is 19.5 Å². The van der Waals surface area contributed by atoms with Gasteiger partial charge in [-0.15, -0.1) is 0 Å². The maximum absolute atomic E-state index is 6.39. The standard InChI is InChI=1S/C22H29ClN2O3/c1-4-28-19-9-7-17(23)15-18(19)22(25-12-5-10-24-11-13-25)16-6-8-20(26-2)21(14-16)27-3/h6-9,14-15,22,24H,4-5,10-13H2,1-3H3. The number of nitrogens with one attached hydrogen (secondary N) is 1. The molecule has 2 aromatic rings. The summed E-state index contributed by atoms with van der Waals surface area (Å²) in [7, 11) is 3.32. The van der Waals surface area contributed by atoms with E-state index in [2.05, 4.69) is 22.3 Å². The summed E-state index contributed by atoms with van der Waals surface area (Å²) in [4.78, 5) is 2.48. The molecule has 1 atom stereocenters. The van der Waals surface area contributed by atoms with Crippen molar-refractivity contribution >= 4 is 11.6 Å². The Morgan fingerprint density at radius 2 is 1.79 bits per heavy atom. The zero-order chi connectivity index (χ0) is 19.9. The van der Waals surface area contributed by atoms with E-state index >= 15 is 0 Å². The lowest BCUT2D eigenvalue weighted by Crippen LogP contribution is -2.33. The van der Waals surface area contributed by atoms with Crippen LogP contribution in [-0.2, 0) is 0 Å². The number of ether oxygens (including phenoxy) is 3. The van der Waals surface area contributed by atoms with E-state index in [1.165, 1.54) is 0 Å². The fraction of sp³-hybridized carbons (Fsp3) is 0.455. The van der Waals surface area contributed by atoms with Crippen LogP contribution in [0, 0.1) is 0 Å². The first-order chi connectivity index (χ1) is 13.7. The highest BCUT2D eigenvalue weighted by Crippen LogP contribution is 2.39. The van der Waals surface area contributed by atoms with Gasteiger partial charge in [0, 0.05) is 30.2 Å². The summed E-state index contributed by atoms with van der Waals surface area (Å²) in [5.74, 6) is 2.31. The van der Waals surface area contributed by atoms with Gasteiger partial charge in [0.05, 0.1) is 26.9 Å². The third-order valence-electron chi connectivity index (χ3n) is 5.03. The lowest BCUT2D eigenvalue weighted by Gasteiger charge is -2.32. The Bertz CT molecular complexity index is 776. The van der Waals surface area contributed by atoms with Crippen LogP contribution in [0.15, 0.2) is 36.4 Å². The molecule has 1 fully saturated rings. The second-order valence-electron chi connectivity index (χ2n) is 6.77. The van der Waals surface area contributed by atoms with Crippen molar-refractivity contribution in [2.45, 2.75) is 19.4 Å². The fourth-order valence-corrected chi connectivity index (χ4v) is 3.94. The van der Waals surface area contributed by atoms with Crippen LogP contribution in [0.3, 0.4) is 0 Å². The van der Waals surface area contributed by atoms with Crippen molar-refractivity contribution in [1.29, 1.82) is 0 Å². The van der Waals surface area contributed by atoms with Crippen molar-refractivity contribution in [3.05, 3.63) is 52.5 Å². The van der Waals surface area contributed by atoms with E-state index < -0.39 is 0 Å². The molecule has 1 N–H and O–H groups in total. The van der Waals surface area contributed by atoms with Crippen molar-refractivity contribution in [3.63, 3.8) is 0 Å². The molecule has 5 nitrogen and oxygen atoms in total. The summed E-state index contributed by atoms with van der Waals surface area (Å²) in [6.45, 7) is 6.52. The summed E-state index contributed by atoms with van der Waals surface area (Å²) < 4.78 is 17.0. The Morgan fingerprint density at radius 3 is 2.54 bits per heavy atom. The van der Waals surface area contributed by atoms with Crippen LogP contribution in [0.2, 0.25) is 5.02 Å². The Kier molecular flexibility index (Phi) is 7.43. The maximum atomic E-state index is 6.39. The van der Waals surface area contributed by atoms with Crippen LogP contribution in [0.25, 0.3) is 0 Å². The molecule has 3 rings (SSSR count). The van der Waals surface area contributed by atoms with Gasteiger partial charge in [0.2, 0.25) is 0 Å². The molecule has 0 spiro atoms. The molecule has 1 aliphatic rings. The van der Waals surface area contributed by atoms with Crippen molar-refractivity contribution < 1.29 is 14.2 Å². The monoisotopic (exact) mass is 404 g/mol. The van der Waals surface area contributed by atoms with E-state index in [1.807, 2.05) is 31.2 Å². The first-order valence-corrected chi connectivity index (χ1v) is 10.1. The van der Waals surface area contributed by atoms with Crippen LogP contribution in [0.1, 0.15) is 30.5 Å². The third kappa shape index (κ3) is 4.72. The van der Waals surface area contributed by atoms with Gasteiger partial charge >= 0.3 is 0 Å². The zero-order valence-electron chi connectivity index (χ0n) is 16.8. The first-order valence-electron chi connectivity index (χ1n) is 9.76. The summed E-state index contributed by atoms with van der Waals surface area (Å²) in [5, 5.41) is 4.19. The summed E-state index contributed by atoms with van der Waals surface area (Å²) in [5.41, 5.74) is 2.20. The molecular weight excluding hydrogens is 376 g/mol. The molecule has 6 heteroatoms. The van der Waals surface area contributed by atoms with Gasteiger partial charge in [-0.05, 0) is 55.8 Å². The van der Waals surface area contributed by atoms with Gasteiger partial charge in [0.25, 0.3) is 0 Å². The third-order valence-corrected chi connectivity index (χ3v) is 5.26. The lowest BCUT2D eigenvalue weighted by molar-refractivity contribution is 0.232. The largest absolute Gasteiger partial charge is 0.494 e. The van der Waals surface area contributed by atoms with Crippen molar-refractivity contribution in [2.24, 2.45) is 0 Å². The lowest BCUT2D eigenvalue weighted by atomic mass is 9.95. The average molecular weight is 405 g/mol. The van der Waals surface area contributed by atoms with E-state index in [-0.39, 0.29) is 6.04 Å². The predicted molar refractivity (Wildman–Crippen MR) is 113 cm³/mol. The molecule has 1 unspecified atom stereocenters. The first kappa shape index (κ1) is 20.8. The summed E-state index contributed by atoms with van der Waals surface area (Å²) >= 11 is 6.39. The predicted octanol–water partition coefficient (Wildman–Crippen LogP) is 4.14. The highest BCUT2D eigenvalue weighted by molar-refractivity contribution is 6.30. The average Bonchev–Trinajstić information content (AvgIpc) is 2.99. The van der Waals surface area contributed by atoms with Crippen molar-refractivity contribution in [2.75, 3.05) is 47.0 Å². The van der Waals surface area contributed by atoms with E-state index in [4.69, 9.17) is 25.8 Å². The van der Waals surface area contributed by atoms with Gasteiger partial charge in [-0.2, -0.15) is 0 Å². The van der Waals surface area contributed by atoms with E-state index in [0.29, 0.717) is 11.6 Å². The smallest absolute Gasteiger partial charge is 0.161 e. The second-order valence-corrected chi connectivity index (χ2v) is 7.21. The topological polar surface area (TPSA) is 43.0 Å². The number of hydrogen-bond donors (Lipinski definition) is 1. The Hall–Kier alpha value is -1.95. The number of halogens is 1. The molecule has 28 heavy (non-hydrogen) atoms. The normalized spacial score (nSPS) is 16.3. The highest BCUT2D eigenvalue weighted by Gasteiger charge is 2.27. The van der Waals surface area contributed by atoms with Gasteiger partial charge in [-0.1, -0.05) is 17.7 Å². The van der Waals surface area contributed by atoms with Crippen LogP contribution >= 0.6 is 11.6 Å². The minimum absolute atomic E-state index is 0.0138. The van der Waals surface area contributed by atoms with Gasteiger partial charge in [0.1, 0.15) is 5.75 Å². The molecule has 1 aliphatic heterocycles. The number of nitrogens with zero attached hydrogens (tertiary/aromatic N) is 1. The Morgan fingerprint density at radius 1 is 1.00 bits per heavy atom. The number of methoxy groups -OCH3 is 2. The van der Waals surface area contributed by atoms with E-state index in [0.717, 1.165) is 61.0 Å². The molecule has 1 heterocycles. The van der Waals surface area contributed by atoms with Crippen LogP contribution < -0.4 is 19.5 Å². The number of hydrogen-bond acceptors (Lipinski definition) is 5. The summed E-state index contributed by atoms with van der Waals surface area (Å²) in [6.07, 6.45) is 1.09. The maximum Gasteiger partial charge on any atom is 0.161 e. The molecule has 2 aromatic carbocycles. The fourth-order valence-electron chi connectivity index (χ4n) is 3.75.